The molecule has 0 spiro atoms. The number of nitrogens with one attached hydrogen (secondary N) is 1. The molecule has 3 aromatic heterocycles. The van der Waals surface area contributed by atoms with E-state index >= 15 is 0 Å². The van der Waals surface area contributed by atoms with E-state index in [1.54, 1.807) is 10.9 Å². The maximum Gasteiger partial charge on any atom is 0.306 e. The molecule has 1 aliphatic carbocycles. The van der Waals surface area contributed by atoms with Crippen molar-refractivity contribution in [3.63, 3.8) is 0 Å². The Morgan fingerprint density at radius 1 is 1.13 bits per heavy atom. The first-order valence-corrected chi connectivity index (χ1v) is 12.8. The summed E-state index contributed by atoms with van der Waals surface area (Å²) in [5.74, 6) is 0.0992. The number of aliphatic carboxylic acids is 1. The molecule has 0 aliphatic heterocycles. The van der Waals surface area contributed by atoms with Gasteiger partial charge in [0.25, 0.3) is 0 Å². The lowest BCUT2D eigenvalue weighted by Gasteiger charge is -2.27. The van der Waals surface area contributed by atoms with Gasteiger partial charge in [0.05, 0.1) is 41.3 Å². The topological polar surface area (TPSA) is 128 Å². The molecule has 38 heavy (non-hydrogen) atoms. The fraction of sp³-hybridized carbons (Fsp3) is 0.357. The van der Waals surface area contributed by atoms with Gasteiger partial charge in [-0.1, -0.05) is 35.5 Å². The number of carbonyl (C=O) groups is 1. The Kier molecular flexibility index (Phi) is 7.57. The first-order chi connectivity index (χ1) is 18.5. The van der Waals surface area contributed by atoms with Crippen LogP contribution in [0.4, 0.5) is 5.95 Å². The Balaban J connectivity index is 1.27. The minimum absolute atomic E-state index is 0.120. The summed E-state index contributed by atoms with van der Waals surface area (Å²) in [7, 11) is 1.84. The molecule has 1 aromatic carbocycles. The quantitative estimate of drug-likeness (QED) is 0.338. The van der Waals surface area contributed by atoms with Gasteiger partial charge in [0, 0.05) is 19.7 Å². The molecule has 2 atom stereocenters. The number of carboxylic acids is 1. The molecule has 1 saturated carbocycles. The first kappa shape index (κ1) is 25.3. The van der Waals surface area contributed by atoms with Crippen molar-refractivity contribution in [3.05, 3.63) is 77.4 Å². The summed E-state index contributed by atoms with van der Waals surface area (Å²) in [6, 6.07) is 15.9. The van der Waals surface area contributed by atoms with Gasteiger partial charge in [0.1, 0.15) is 11.4 Å². The number of aryl methyl sites for hydroxylation is 2. The molecule has 10 heteroatoms. The third-order valence-electron chi connectivity index (χ3n) is 6.85. The van der Waals surface area contributed by atoms with Crippen molar-refractivity contribution >= 4 is 11.9 Å². The monoisotopic (exact) mass is 513 g/mol. The zero-order valence-electron chi connectivity index (χ0n) is 21.5. The number of pyridine rings is 1. The van der Waals surface area contributed by atoms with Gasteiger partial charge >= 0.3 is 5.97 Å². The number of anilines is 1. The van der Waals surface area contributed by atoms with E-state index in [2.05, 4.69) is 37.7 Å². The Morgan fingerprint density at radius 2 is 1.97 bits per heavy atom. The molecule has 1 aliphatic rings. The summed E-state index contributed by atoms with van der Waals surface area (Å²) in [5, 5.41) is 21.2. The van der Waals surface area contributed by atoms with Crippen molar-refractivity contribution in [2.75, 3.05) is 5.32 Å². The molecule has 1 fully saturated rings. The van der Waals surface area contributed by atoms with Crippen molar-refractivity contribution in [2.45, 2.75) is 51.7 Å². The van der Waals surface area contributed by atoms with Gasteiger partial charge in [0.2, 0.25) is 5.95 Å². The lowest BCUT2D eigenvalue weighted by atomic mass is 9.87. The van der Waals surface area contributed by atoms with Crippen molar-refractivity contribution in [1.29, 1.82) is 0 Å². The summed E-state index contributed by atoms with van der Waals surface area (Å²) < 4.78 is 7.87. The zero-order chi connectivity index (χ0) is 26.5. The SMILES string of the molecule is Cc1nc(-c2nnn(C)c2CNc2nccc(Cc3ccccc3)n2)ccc1O[C@H]1CCC[C@H](C(=O)O)C1. The maximum absolute atomic E-state index is 11.4. The predicted molar refractivity (Wildman–Crippen MR) is 142 cm³/mol. The van der Waals surface area contributed by atoms with E-state index in [1.807, 2.05) is 50.4 Å². The predicted octanol–water partition coefficient (Wildman–Crippen LogP) is 4.20. The second-order valence-electron chi connectivity index (χ2n) is 9.62. The normalized spacial score (nSPS) is 17.2. The smallest absolute Gasteiger partial charge is 0.306 e. The molecule has 10 nitrogen and oxygen atoms in total. The van der Waals surface area contributed by atoms with E-state index < -0.39 is 5.97 Å². The molecule has 4 aromatic rings. The molecule has 3 heterocycles. The lowest BCUT2D eigenvalue weighted by molar-refractivity contribution is -0.143. The summed E-state index contributed by atoms with van der Waals surface area (Å²) in [6.45, 7) is 2.31. The Labute approximate surface area is 221 Å². The van der Waals surface area contributed by atoms with E-state index in [-0.39, 0.29) is 12.0 Å². The molecular formula is C28H31N7O3. The van der Waals surface area contributed by atoms with Crippen molar-refractivity contribution < 1.29 is 14.6 Å². The van der Waals surface area contributed by atoms with Crippen molar-refractivity contribution in [2.24, 2.45) is 13.0 Å². The Hall–Kier alpha value is -4.34. The number of hydrogen-bond acceptors (Lipinski definition) is 8. The molecule has 2 N–H and O–H groups in total. The highest BCUT2D eigenvalue weighted by molar-refractivity contribution is 5.70. The number of ether oxygens (including phenoxy) is 1. The number of rotatable bonds is 9. The highest BCUT2D eigenvalue weighted by Gasteiger charge is 2.28. The molecule has 0 radical (unpaired) electrons. The molecule has 0 unspecified atom stereocenters. The summed E-state index contributed by atoms with van der Waals surface area (Å²) in [6.07, 6.45) is 5.28. The number of benzene rings is 1. The van der Waals surface area contributed by atoms with Crippen LogP contribution >= 0.6 is 0 Å². The zero-order valence-corrected chi connectivity index (χ0v) is 21.5. The van der Waals surface area contributed by atoms with Gasteiger partial charge in [0.15, 0.2) is 0 Å². The van der Waals surface area contributed by atoms with Crippen LogP contribution in [0.15, 0.2) is 54.7 Å². The summed E-state index contributed by atoms with van der Waals surface area (Å²) >= 11 is 0. The average molecular weight is 514 g/mol. The number of hydrogen-bond donors (Lipinski definition) is 2. The van der Waals surface area contributed by atoms with E-state index in [0.29, 0.717) is 42.5 Å². The second-order valence-corrected chi connectivity index (χ2v) is 9.62. The number of aromatic nitrogens is 6. The maximum atomic E-state index is 11.4. The third kappa shape index (κ3) is 5.96. The van der Waals surface area contributed by atoms with Crippen LogP contribution in [-0.4, -0.2) is 47.1 Å². The molecule has 0 bridgehead atoms. The summed E-state index contributed by atoms with van der Waals surface area (Å²) in [4.78, 5) is 25.2. The fourth-order valence-electron chi connectivity index (χ4n) is 4.78. The molecule has 5 rings (SSSR count). The number of nitrogens with zero attached hydrogens (tertiary/aromatic N) is 6. The van der Waals surface area contributed by atoms with Gasteiger partial charge in [-0.3, -0.25) is 4.79 Å². The van der Waals surface area contributed by atoms with Crippen LogP contribution in [0.5, 0.6) is 5.75 Å². The first-order valence-electron chi connectivity index (χ1n) is 12.8. The van der Waals surface area contributed by atoms with E-state index in [4.69, 9.17) is 9.72 Å². The van der Waals surface area contributed by atoms with Crippen molar-refractivity contribution in [1.82, 2.24) is 29.9 Å². The van der Waals surface area contributed by atoms with Crippen LogP contribution < -0.4 is 10.1 Å². The van der Waals surface area contributed by atoms with Crippen LogP contribution in [0, 0.1) is 12.8 Å². The van der Waals surface area contributed by atoms with Crippen LogP contribution in [0.25, 0.3) is 11.4 Å². The minimum Gasteiger partial charge on any atom is -0.489 e. The van der Waals surface area contributed by atoms with Gasteiger partial charge in [-0.15, -0.1) is 5.10 Å². The Bertz CT molecular complexity index is 1410. The van der Waals surface area contributed by atoms with Gasteiger partial charge in [-0.25, -0.2) is 19.6 Å². The van der Waals surface area contributed by atoms with E-state index in [9.17, 15) is 9.90 Å². The molecule has 0 amide bonds. The second kappa shape index (κ2) is 11.4. The fourth-order valence-corrected chi connectivity index (χ4v) is 4.78. The van der Waals surface area contributed by atoms with Gasteiger partial charge in [-0.05, 0) is 56.4 Å². The Morgan fingerprint density at radius 3 is 2.76 bits per heavy atom. The van der Waals surface area contributed by atoms with Crippen LogP contribution in [0.3, 0.4) is 0 Å². The van der Waals surface area contributed by atoms with Crippen LogP contribution in [0.1, 0.15) is 48.3 Å². The minimum atomic E-state index is -0.749. The average Bonchev–Trinajstić information content (AvgIpc) is 3.29. The molecule has 196 valence electrons. The molecule has 0 saturated heterocycles. The highest BCUT2D eigenvalue weighted by atomic mass is 16.5. The third-order valence-corrected chi connectivity index (χ3v) is 6.85. The summed E-state index contributed by atoms with van der Waals surface area (Å²) in [5.41, 5.74) is 5.04. The van der Waals surface area contributed by atoms with Gasteiger partial charge in [-0.2, -0.15) is 0 Å². The largest absolute Gasteiger partial charge is 0.489 e. The van der Waals surface area contributed by atoms with E-state index in [1.165, 1.54) is 5.56 Å². The van der Waals surface area contributed by atoms with Crippen LogP contribution in [0.2, 0.25) is 0 Å². The van der Waals surface area contributed by atoms with E-state index in [0.717, 1.165) is 36.3 Å². The van der Waals surface area contributed by atoms with Crippen LogP contribution in [-0.2, 0) is 24.8 Å². The molecular weight excluding hydrogens is 482 g/mol. The van der Waals surface area contributed by atoms with Gasteiger partial charge < -0.3 is 15.2 Å². The lowest BCUT2D eigenvalue weighted by Crippen LogP contribution is -2.29. The van der Waals surface area contributed by atoms with Crippen molar-refractivity contribution in [3.8, 4) is 17.1 Å². The number of carboxylic acid groups (broad SMARTS) is 1. The highest BCUT2D eigenvalue weighted by Crippen LogP contribution is 2.30. The standard InChI is InChI=1S/C28H31N7O3/c1-18-25(38-22-10-6-9-20(16-22)27(36)37)12-11-23(31-18)26-24(35(2)34-33-26)17-30-28-29-14-13-21(32-28)15-19-7-4-3-5-8-19/h3-5,7-8,11-14,20,22H,6,9-10,15-17H2,1-2H3,(H,36,37)(H,29,30,32)/t20-,22-/m0/s1.